The van der Waals surface area contributed by atoms with Crippen LogP contribution in [-0.2, 0) is 6.54 Å². The average Bonchev–Trinajstić information content (AvgIpc) is 3.34. The van der Waals surface area contributed by atoms with E-state index in [0.29, 0.717) is 31.9 Å². The summed E-state index contributed by atoms with van der Waals surface area (Å²) in [7, 11) is 0. The summed E-state index contributed by atoms with van der Waals surface area (Å²) in [6.07, 6.45) is 3.50. The summed E-state index contributed by atoms with van der Waals surface area (Å²) >= 11 is 1.28. The molecular weight excluding hydrogens is 417 g/mol. The number of rotatable bonds is 4. The summed E-state index contributed by atoms with van der Waals surface area (Å²) in [6, 6.07) is 11.4. The number of halogens is 1. The highest BCUT2D eigenvalue weighted by molar-refractivity contribution is 7.25. The molecule has 1 saturated carbocycles. The van der Waals surface area contributed by atoms with E-state index in [-0.39, 0.29) is 29.6 Å². The molecule has 3 aromatic heterocycles. The van der Waals surface area contributed by atoms with Crippen LogP contribution in [0.4, 0.5) is 4.39 Å². The molecule has 2 aromatic carbocycles. The van der Waals surface area contributed by atoms with Gasteiger partial charge in [0.2, 0.25) is 0 Å². The minimum atomic E-state index is -0.303. The number of aromatic hydroxyl groups is 1. The van der Waals surface area contributed by atoms with Crippen molar-refractivity contribution in [3.8, 4) is 17.1 Å². The summed E-state index contributed by atoms with van der Waals surface area (Å²) in [5.74, 6) is 1.05. The van der Waals surface area contributed by atoms with Crippen molar-refractivity contribution in [1.29, 1.82) is 0 Å². The number of hydrogen-bond donors (Lipinski definition) is 1. The molecule has 0 unspecified atom stereocenters. The van der Waals surface area contributed by atoms with Crippen LogP contribution in [0, 0.1) is 5.82 Å². The number of aromatic nitrogens is 3. The number of nitrogens with zero attached hydrogens (tertiary/aromatic N) is 3. The van der Waals surface area contributed by atoms with Gasteiger partial charge in [-0.1, -0.05) is 17.3 Å². The maximum atomic E-state index is 14.0. The van der Waals surface area contributed by atoms with Crippen LogP contribution < -0.4 is 5.56 Å². The molecule has 0 spiro atoms. The van der Waals surface area contributed by atoms with E-state index >= 15 is 0 Å². The van der Waals surface area contributed by atoms with Crippen LogP contribution in [0.2, 0.25) is 0 Å². The van der Waals surface area contributed by atoms with Crippen LogP contribution in [0.5, 0.6) is 5.75 Å². The van der Waals surface area contributed by atoms with Crippen molar-refractivity contribution in [3.63, 3.8) is 0 Å². The van der Waals surface area contributed by atoms with Gasteiger partial charge in [0.05, 0.1) is 22.8 Å². The zero-order chi connectivity index (χ0) is 21.1. The van der Waals surface area contributed by atoms with E-state index in [9.17, 15) is 14.3 Å². The lowest BCUT2D eigenvalue weighted by Gasteiger charge is -2.14. The van der Waals surface area contributed by atoms with Crippen LogP contribution in [0.3, 0.4) is 0 Å². The maximum Gasteiger partial charge on any atom is 0.263 e. The first-order valence-corrected chi connectivity index (χ1v) is 10.8. The number of fused-ring (bicyclic) bond motifs is 3. The summed E-state index contributed by atoms with van der Waals surface area (Å²) in [6.45, 7) is 0.148. The molecule has 1 aliphatic rings. The molecule has 0 bridgehead atoms. The minimum Gasteiger partial charge on any atom is -0.506 e. The predicted molar refractivity (Wildman–Crippen MR) is 116 cm³/mol. The third-order valence-corrected chi connectivity index (χ3v) is 6.80. The molecule has 0 atom stereocenters. The molecule has 3 heterocycles. The van der Waals surface area contributed by atoms with Gasteiger partial charge >= 0.3 is 0 Å². The zero-order valence-corrected chi connectivity index (χ0v) is 17.0. The largest absolute Gasteiger partial charge is 0.506 e. The van der Waals surface area contributed by atoms with Crippen molar-refractivity contribution < 1.29 is 14.0 Å². The van der Waals surface area contributed by atoms with Crippen molar-refractivity contribution in [1.82, 2.24) is 14.7 Å². The van der Waals surface area contributed by atoms with Gasteiger partial charge in [0.25, 0.3) is 5.56 Å². The van der Waals surface area contributed by atoms with Gasteiger partial charge in [0, 0.05) is 17.0 Å². The van der Waals surface area contributed by atoms with Gasteiger partial charge in [-0.3, -0.25) is 9.36 Å². The lowest BCUT2D eigenvalue weighted by Crippen LogP contribution is -2.24. The fraction of sp³-hybridized carbons (Fsp3) is 0.174. The number of phenolic OH excluding ortho intramolecular Hbond substituents is 1. The summed E-state index contributed by atoms with van der Waals surface area (Å²) < 4.78 is 21.5. The summed E-state index contributed by atoms with van der Waals surface area (Å²) in [5, 5.41) is 15.1. The van der Waals surface area contributed by atoms with E-state index in [4.69, 9.17) is 9.51 Å². The average molecular weight is 433 g/mol. The van der Waals surface area contributed by atoms with Crippen molar-refractivity contribution in [2.45, 2.75) is 25.3 Å². The molecule has 1 fully saturated rings. The van der Waals surface area contributed by atoms with E-state index in [0.717, 1.165) is 24.0 Å². The van der Waals surface area contributed by atoms with Gasteiger partial charge in [-0.25, -0.2) is 9.37 Å². The molecule has 1 aliphatic carbocycles. The lowest BCUT2D eigenvalue weighted by molar-refractivity contribution is 0.375. The Morgan fingerprint density at radius 3 is 2.87 bits per heavy atom. The summed E-state index contributed by atoms with van der Waals surface area (Å²) in [5.41, 5.74) is 1.37. The minimum absolute atomic E-state index is 0.115. The third kappa shape index (κ3) is 2.94. The van der Waals surface area contributed by atoms with Crippen molar-refractivity contribution in [2.24, 2.45) is 0 Å². The molecule has 6 rings (SSSR count). The highest BCUT2D eigenvalue weighted by atomic mass is 32.1. The SMILES string of the molecule is O=c1c2c(nc(-c3ccc(F)cc3C3CC3)n1Cc1ccno1)sc1c(O)cccc12. The Hall–Kier alpha value is -3.52. The quantitative estimate of drug-likeness (QED) is 0.430. The number of benzene rings is 2. The molecule has 0 saturated heterocycles. The maximum absolute atomic E-state index is 14.0. The van der Waals surface area contributed by atoms with Gasteiger partial charge in [-0.2, -0.15) is 0 Å². The Balaban J connectivity index is 1.69. The number of thiophene rings is 1. The van der Waals surface area contributed by atoms with Crippen molar-refractivity contribution >= 4 is 31.6 Å². The molecule has 5 aromatic rings. The van der Waals surface area contributed by atoms with Gasteiger partial charge < -0.3 is 9.63 Å². The Labute approximate surface area is 179 Å². The first-order valence-electron chi connectivity index (χ1n) is 9.94. The molecule has 8 heteroatoms. The molecule has 1 N–H and O–H groups in total. The Bertz CT molecular complexity index is 1520. The van der Waals surface area contributed by atoms with Gasteiger partial charge in [0.1, 0.15) is 22.2 Å². The zero-order valence-electron chi connectivity index (χ0n) is 16.2. The van der Waals surface area contributed by atoms with Crippen LogP contribution in [0.25, 0.3) is 31.7 Å². The van der Waals surface area contributed by atoms with E-state index in [1.165, 1.54) is 23.6 Å². The monoisotopic (exact) mass is 433 g/mol. The second kappa shape index (κ2) is 6.75. The first-order chi connectivity index (χ1) is 15.1. The Kier molecular flexibility index (Phi) is 3.97. The van der Waals surface area contributed by atoms with Crippen LogP contribution in [-0.4, -0.2) is 19.8 Å². The third-order valence-electron chi connectivity index (χ3n) is 5.68. The second-order valence-corrected chi connectivity index (χ2v) is 8.75. The second-order valence-electron chi connectivity index (χ2n) is 7.75. The van der Waals surface area contributed by atoms with E-state index in [2.05, 4.69) is 5.16 Å². The van der Waals surface area contributed by atoms with Gasteiger partial charge in [-0.05, 0) is 48.6 Å². The normalized spacial score (nSPS) is 14.0. The number of hydrogen-bond acceptors (Lipinski definition) is 6. The topological polar surface area (TPSA) is 81.2 Å². The van der Waals surface area contributed by atoms with E-state index in [1.54, 1.807) is 34.9 Å². The summed E-state index contributed by atoms with van der Waals surface area (Å²) in [4.78, 5) is 19.1. The molecule has 0 aliphatic heterocycles. The van der Waals surface area contributed by atoms with Gasteiger partial charge in [0.15, 0.2) is 5.76 Å². The fourth-order valence-electron chi connectivity index (χ4n) is 4.07. The van der Waals surface area contributed by atoms with Crippen LogP contribution in [0.15, 0.2) is 58.0 Å². The Morgan fingerprint density at radius 2 is 2.10 bits per heavy atom. The lowest BCUT2D eigenvalue weighted by atomic mass is 10.0. The molecule has 154 valence electrons. The van der Waals surface area contributed by atoms with Crippen molar-refractivity contribution in [2.75, 3.05) is 0 Å². The Morgan fingerprint density at radius 1 is 1.23 bits per heavy atom. The first kappa shape index (κ1) is 18.3. The smallest absolute Gasteiger partial charge is 0.263 e. The molecule has 6 nitrogen and oxygen atoms in total. The molecular formula is C23H16FN3O3S. The molecule has 31 heavy (non-hydrogen) atoms. The highest BCUT2D eigenvalue weighted by Gasteiger charge is 2.29. The van der Waals surface area contributed by atoms with Crippen LogP contribution >= 0.6 is 11.3 Å². The highest BCUT2D eigenvalue weighted by Crippen LogP contribution is 2.45. The van der Waals surface area contributed by atoms with Crippen molar-refractivity contribution in [3.05, 3.63) is 76.2 Å². The number of phenols is 1. The van der Waals surface area contributed by atoms with E-state index < -0.39 is 0 Å². The molecule has 0 amide bonds. The standard InChI is InChI=1S/C23H16FN3O3S/c24-13-6-7-15(17(10-13)12-4-5-12)21-26-22-19(16-2-1-3-18(28)20(16)31-22)23(29)27(21)11-14-8-9-25-30-14/h1-3,6-10,12,28H,4-5,11H2. The van der Waals surface area contributed by atoms with Gasteiger partial charge in [-0.15, -0.1) is 11.3 Å². The fourth-order valence-corrected chi connectivity index (χ4v) is 5.14. The van der Waals surface area contributed by atoms with E-state index in [1.807, 2.05) is 6.07 Å². The molecule has 0 radical (unpaired) electrons. The predicted octanol–water partition coefficient (Wildman–Crippen LogP) is 5.04. The van der Waals surface area contributed by atoms with Crippen LogP contribution in [0.1, 0.15) is 30.1 Å².